The number of para-hydroxylation sites is 1. The normalized spacial score (nSPS) is 14.1. The maximum atomic E-state index is 6.01. The van der Waals surface area contributed by atoms with Gasteiger partial charge in [0.2, 0.25) is 5.95 Å². The number of benzene rings is 2. The highest BCUT2D eigenvalue weighted by Gasteiger charge is 2.11. The molecule has 0 amide bonds. The van der Waals surface area contributed by atoms with Crippen molar-refractivity contribution in [2.24, 2.45) is 0 Å². The molecular formula is C20H21N5OS. The van der Waals surface area contributed by atoms with Crippen LogP contribution < -0.4 is 16.0 Å². The molecule has 2 aromatic carbocycles. The van der Waals surface area contributed by atoms with Crippen LogP contribution in [-0.2, 0) is 4.74 Å². The van der Waals surface area contributed by atoms with E-state index >= 15 is 0 Å². The lowest BCUT2D eigenvalue weighted by Gasteiger charge is -2.28. The molecule has 2 heterocycles. The first-order valence-corrected chi connectivity index (χ1v) is 9.65. The molecule has 0 saturated carbocycles. The van der Waals surface area contributed by atoms with Gasteiger partial charge in [0.05, 0.1) is 13.2 Å². The molecule has 0 bridgehead atoms. The summed E-state index contributed by atoms with van der Waals surface area (Å²) in [5, 5.41) is 4.11. The number of hydrogen-bond donors (Lipinski definition) is 2. The van der Waals surface area contributed by atoms with E-state index < -0.39 is 0 Å². The number of hydrogen-bond acceptors (Lipinski definition) is 7. The summed E-state index contributed by atoms with van der Waals surface area (Å²) in [4.78, 5) is 12.2. The quantitative estimate of drug-likeness (QED) is 0.516. The summed E-state index contributed by atoms with van der Waals surface area (Å²) in [6, 6.07) is 17.9. The van der Waals surface area contributed by atoms with Crippen LogP contribution in [0, 0.1) is 0 Å². The maximum absolute atomic E-state index is 6.01. The zero-order valence-electron chi connectivity index (χ0n) is 14.8. The van der Waals surface area contributed by atoms with E-state index in [0.717, 1.165) is 47.6 Å². The Morgan fingerprint density at radius 1 is 1.00 bits per heavy atom. The van der Waals surface area contributed by atoms with Crippen molar-refractivity contribution < 1.29 is 4.74 Å². The third-order valence-electron chi connectivity index (χ3n) is 4.26. The summed E-state index contributed by atoms with van der Waals surface area (Å²) in [6.07, 6.45) is 1.75. The summed E-state index contributed by atoms with van der Waals surface area (Å²) < 4.78 is 5.40. The summed E-state index contributed by atoms with van der Waals surface area (Å²) in [5.74, 6) is 0.564. The summed E-state index contributed by atoms with van der Waals surface area (Å²) >= 11 is 1.53. The number of nitrogens with one attached hydrogen (secondary N) is 1. The first kappa shape index (κ1) is 17.6. The van der Waals surface area contributed by atoms with Crippen LogP contribution in [-0.4, -0.2) is 36.3 Å². The number of nitrogens with two attached hydrogens (primary N) is 1. The van der Waals surface area contributed by atoms with Crippen LogP contribution in [0.15, 0.2) is 70.7 Å². The van der Waals surface area contributed by atoms with Crippen LogP contribution in [0.2, 0.25) is 0 Å². The third kappa shape index (κ3) is 4.50. The number of nitrogen functional groups attached to an aromatic ring is 1. The Bertz CT molecular complexity index is 897. The molecule has 0 atom stereocenters. The molecule has 0 spiro atoms. The van der Waals surface area contributed by atoms with E-state index in [0.29, 0.717) is 5.95 Å². The molecule has 4 rings (SSSR count). The van der Waals surface area contributed by atoms with Gasteiger partial charge in [-0.15, -0.1) is 0 Å². The van der Waals surface area contributed by atoms with Gasteiger partial charge < -0.3 is 20.7 Å². The van der Waals surface area contributed by atoms with Crippen LogP contribution in [0.4, 0.5) is 23.0 Å². The Balaban J connectivity index is 1.44. The van der Waals surface area contributed by atoms with Gasteiger partial charge in [-0.05, 0) is 42.5 Å². The topological polar surface area (TPSA) is 76.3 Å². The van der Waals surface area contributed by atoms with E-state index in [1.54, 1.807) is 6.20 Å². The highest BCUT2D eigenvalue weighted by atomic mass is 32.2. The van der Waals surface area contributed by atoms with E-state index in [1.807, 2.05) is 42.5 Å². The lowest BCUT2D eigenvalue weighted by Crippen LogP contribution is -2.36. The first-order chi connectivity index (χ1) is 13.3. The Morgan fingerprint density at radius 3 is 2.56 bits per heavy atom. The summed E-state index contributed by atoms with van der Waals surface area (Å²) in [5.41, 5.74) is 8.91. The molecule has 1 aromatic heterocycles. The molecule has 0 aliphatic carbocycles. The fourth-order valence-electron chi connectivity index (χ4n) is 2.85. The highest BCUT2D eigenvalue weighted by Crippen LogP contribution is 2.31. The molecule has 27 heavy (non-hydrogen) atoms. The molecular weight excluding hydrogens is 358 g/mol. The van der Waals surface area contributed by atoms with Crippen LogP contribution in [0.5, 0.6) is 0 Å². The molecule has 1 fully saturated rings. The molecule has 3 aromatic rings. The van der Waals surface area contributed by atoms with Crippen molar-refractivity contribution in [3.05, 3.63) is 60.8 Å². The zero-order chi connectivity index (χ0) is 18.5. The van der Waals surface area contributed by atoms with Gasteiger partial charge >= 0.3 is 0 Å². The lowest BCUT2D eigenvalue weighted by atomic mass is 10.2. The van der Waals surface area contributed by atoms with Crippen molar-refractivity contribution in [2.45, 2.75) is 9.92 Å². The second-order valence-corrected chi connectivity index (χ2v) is 7.19. The van der Waals surface area contributed by atoms with Crippen LogP contribution in [0.1, 0.15) is 0 Å². The largest absolute Gasteiger partial charge is 0.398 e. The zero-order valence-corrected chi connectivity index (χ0v) is 15.7. The van der Waals surface area contributed by atoms with Crippen LogP contribution in [0.25, 0.3) is 0 Å². The van der Waals surface area contributed by atoms with Gasteiger partial charge in [0, 0.05) is 41.2 Å². The fraction of sp³-hybridized carbons (Fsp3) is 0.200. The summed E-state index contributed by atoms with van der Waals surface area (Å²) in [6.45, 7) is 3.42. The molecule has 138 valence electrons. The van der Waals surface area contributed by atoms with Gasteiger partial charge in [-0.2, -0.15) is 0 Å². The molecule has 0 unspecified atom stereocenters. The van der Waals surface area contributed by atoms with E-state index in [1.165, 1.54) is 17.4 Å². The second kappa shape index (κ2) is 8.28. The number of rotatable bonds is 5. The first-order valence-electron chi connectivity index (χ1n) is 8.83. The number of aromatic nitrogens is 2. The Labute approximate surface area is 162 Å². The molecule has 7 heteroatoms. The molecule has 1 aliphatic heterocycles. The number of nitrogens with zero attached hydrogens (tertiary/aromatic N) is 3. The minimum Gasteiger partial charge on any atom is -0.398 e. The van der Waals surface area contributed by atoms with Crippen molar-refractivity contribution in [1.82, 2.24) is 9.97 Å². The predicted molar refractivity (Wildman–Crippen MR) is 110 cm³/mol. The maximum Gasteiger partial charge on any atom is 0.228 e. The van der Waals surface area contributed by atoms with Gasteiger partial charge in [0.1, 0.15) is 5.03 Å². The van der Waals surface area contributed by atoms with Crippen LogP contribution in [0.3, 0.4) is 0 Å². The number of anilines is 4. The van der Waals surface area contributed by atoms with Crippen molar-refractivity contribution in [1.29, 1.82) is 0 Å². The van der Waals surface area contributed by atoms with Crippen molar-refractivity contribution in [2.75, 3.05) is 42.3 Å². The highest BCUT2D eigenvalue weighted by molar-refractivity contribution is 7.99. The molecule has 6 nitrogen and oxygen atoms in total. The molecule has 3 N–H and O–H groups in total. The molecule has 1 aliphatic rings. The summed E-state index contributed by atoms with van der Waals surface area (Å²) in [7, 11) is 0. The average Bonchev–Trinajstić information content (AvgIpc) is 2.71. The Hall–Kier alpha value is -2.77. The third-order valence-corrected chi connectivity index (χ3v) is 5.29. The minimum atomic E-state index is 0.564. The SMILES string of the molecule is Nc1ccccc1Sc1ccnc(Nc2ccc(N3CCOCC3)cc2)n1. The predicted octanol–water partition coefficient (Wildman–Crippen LogP) is 3.79. The molecule has 0 radical (unpaired) electrons. The van der Waals surface area contributed by atoms with Crippen molar-refractivity contribution >= 4 is 34.8 Å². The van der Waals surface area contributed by atoms with E-state index in [4.69, 9.17) is 10.5 Å². The molecule has 1 saturated heterocycles. The minimum absolute atomic E-state index is 0.564. The number of ether oxygens (including phenoxy) is 1. The fourth-order valence-corrected chi connectivity index (χ4v) is 3.67. The monoisotopic (exact) mass is 379 g/mol. The standard InChI is InChI=1S/C20H21N5OS/c21-17-3-1-2-4-18(17)27-19-9-10-22-20(24-19)23-15-5-7-16(8-6-15)25-11-13-26-14-12-25/h1-10H,11-14,21H2,(H,22,23,24). The van der Waals surface area contributed by atoms with Gasteiger partial charge in [0.25, 0.3) is 0 Å². The van der Waals surface area contributed by atoms with E-state index in [2.05, 4.69) is 32.3 Å². The van der Waals surface area contributed by atoms with Crippen LogP contribution >= 0.6 is 11.8 Å². The lowest BCUT2D eigenvalue weighted by molar-refractivity contribution is 0.122. The van der Waals surface area contributed by atoms with Gasteiger partial charge in [-0.25, -0.2) is 9.97 Å². The average molecular weight is 379 g/mol. The second-order valence-electron chi connectivity index (χ2n) is 6.13. The van der Waals surface area contributed by atoms with Crippen molar-refractivity contribution in [3.8, 4) is 0 Å². The van der Waals surface area contributed by atoms with Gasteiger partial charge in [-0.3, -0.25) is 0 Å². The number of morpholine rings is 1. The van der Waals surface area contributed by atoms with Gasteiger partial charge in [-0.1, -0.05) is 23.9 Å². The van der Waals surface area contributed by atoms with Crippen molar-refractivity contribution in [3.63, 3.8) is 0 Å². The Kier molecular flexibility index (Phi) is 5.41. The van der Waals surface area contributed by atoms with E-state index in [9.17, 15) is 0 Å². The van der Waals surface area contributed by atoms with E-state index in [-0.39, 0.29) is 0 Å². The smallest absolute Gasteiger partial charge is 0.228 e. The Morgan fingerprint density at radius 2 is 1.78 bits per heavy atom. The van der Waals surface area contributed by atoms with Gasteiger partial charge in [0.15, 0.2) is 0 Å².